The fraction of sp³-hybridized carbons (Fsp3) is 0.308. The van der Waals surface area contributed by atoms with Crippen molar-refractivity contribution in [3.8, 4) is 11.3 Å². The van der Waals surface area contributed by atoms with Gasteiger partial charge in [0.05, 0.1) is 11.3 Å². The molecule has 0 radical (unpaired) electrons. The minimum Gasteiger partial charge on any atom is -0.337 e. The molecule has 7 heteroatoms. The monoisotopic (exact) mass is 272 g/mol. The number of H-pyrrole nitrogens is 1. The highest BCUT2D eigenvalue weighted by Crippen LogP contribution is 2.24. The molecule has 104 valence electrons. The van der Waals surface area contributed by atoms with Crippen LogP contribution in [0.25, 0.3) is 11.3 Å². The molecule has 20 heavy (non-hydrogen) atoms. The zero-order valence-corrected chi connectivity index (χ0v) is 11.3. The summed E-state index contributed by atoms with van der Waals surface area (Å²) in [5.41, 5.74) is 8.71. The third kappa shape index (κ3) is 1.83. The Morgan fingerprint density at radius 1 is 1.45 bits per heavy atom. The minimum atomic E-state index is -0.516. The summed E-state index contributed by atoms with van der Waals surface area (Å²) in [6.07, 6.45) is 1.11. The first-order chi connectivity index (χ1) is 9.61. The largest absolute Gasteiger partial charge is 0.337 e. The summed E-state index contributed by atoms with van der Waals surface area (Å²) in [7, 11) is 0. The van der Waals surface area contributed by atoms with Gasteiger partial charge in [0.1, 0.15) is 5.82 Å². The van der Waals surface area contributed by atoms with Crippen LogP contribution in [0.5, 0.6) is 0 Å². The zero-order chi connectivity index (χ0) is 14.3. The molecule has 1 atom stereocenters. The number of aliphatic imine (C=N–C) groups is 1. The van der Waals surface area contributed by atoms with E-state index in [1.807, 2.05) is 19.9 Å². The van der Waals surface area contributed by atoms with Gasteiger partial charge in [0.2, 0.25) is 0 Å². The van der Waals surface area contributed by atoms with Crippen molar-refractivity contribution in [2.75, 3.05) is 5.32 Å². The normalized spacial score (nSPS) is 17.4. The standard InChI is InChI=1S/C13H16N6O/c1-3-19-11-8(7(2)16-13(14)17-11)6-9(12(19)20)10-4-5-15-18-10/h4-6,13,17H,3,14H2,1-2H3,(H,15,18). The second-order valence-corrected chi connectivity index (χ2v) is 4.64. The van der Waals surface area contributed by atoms with E-state index in [0.717, 1.165) is 17.1 Å². The van der Waals surface area contributed by atoms with E-state index in [1.165, 1.54) is 0 Å². The molecule has 1 aliphatic heterocycles. The van der Waals surface area contributed by atoms with Crippen LogP contribution in [0, 0.1) is 0 Å². The third-order valence-electron chi connectivity index (χ3n) is 3.40. The van der Waals surface area contributed by atoms with Crippen molar-refractivity contribution < 1.29 is 0 Å². The number of aromatic amines is 1. The Labute approximate surface area is 115 Å². The van der Waals surface area contributed by atoms with Gasteiger partial charge < -0.3 is 5.32 Å². The molecule has 0 bridgehead atoms. The van der Waals surface area contributed by atoms with Crippen LogP contribution in [0.15, 0.2) is 28.1 Å². The molecule has 0 aromatic carbocycles. The lowest BCUT2D eigenvalue weighted by atomic mass is 10.1. The summed E-state index contributed by atoms with van der Waals surface area (Å²) >= 11 is 0. The Morgan fingerprint density at radius 3 is 2.90 bits per heavy atom. The van der Waals surface area contributed by atoms with E-state index >= 15 is 0 Å². The molecule has 7 nitrogen and oxygen atoms in total. The number of pyridine rings is 1. The Morgan fingerprint density at radius 2 is 2.25 bits per heavy atom. The number of nitrogens with two attached hydrogens (primary N) is 1. The lowest BCUT2D eigenvalue weighted by Crippen LogP contribution is -2.37. The SMILES string of the molecule is CCn1c2c(cc(-c3ccn[nH]3)c1=O)C(C)=NC(N)N2. The van der Waals surface area contributed by atoms with E-state index in [2.05, 4.69) is 20.5 Å². The number of aromatic nitrogens is 3. The molecule has 3 heterocycles. The topological polar surface area (TPSA) is 101 Å². The molecule has 0 amide bonds. The maximum absolute atomic E-state index is 12.6. The van der Waals surface area contributed by atoms with Crippen LogP contribution < -0.4 is 16.6 Å². The van der Waals surface area contributed by atoms with Crippen LogP contribution in [0.4, 0.5) is 5.82 Å². The smallest absolute Gasteiger partial charge is 0.261 e. The number of nitrogens with zero attached hydrogens (tertiary/aromatic N) is 3. The van der Waals surface area contributed by atoms with E-state index in [9.17, 15) is 4.79 Å². The first-order valence-electron chi connectivity index (χ1n) is 6.46. The van der Waals surface area contributed by atoms with Crippen LogP contribution in [-0.2, 0) is 6.54 Å². The maximum atomic E-state index is 12.6. The number of hydrogen-bond donors (Lipinski definition) is 3. The van der Waals surface area contributed by atoms with E-state index < -0.39 is 6.29 Å². The summed E-state index contributed by atoms with van der Waals surface area (Å²) in [5.74, 6) is 0.723. The van der Waals surface area contributed by atoms with E-state index in [1.54, 1.807) is 16.8 Å². The minimum absolute atomic E-state index is 0.0788. The molecular formula is C13H16N6O. The summed E-state index contributed by atoms with van der Waals surface area (Å²) in [6.45, 7) is 4.36. The number of nitrogens with one attached hydrogen (secondary N) is 2. The molecule has 0 spiro atoms. The van der Waals surface area contributed by atoms with Crippen LogP contribution >= 0.6 is 0 Å². The Hall–Kier alpha value is -2.41. The summed E-state index contributed by atoms with van der Waals surface area (Å²) in [5, 5.41) is 9.78. The second kappa shape index (κ2) is 4.61. The molecule has 4 N–H and O–H groups in total. The van der Waals surface area contributed by atoms with Crippen molar-refractivity contribution in [3.63, 3.8) is 0 Å². The highest BCUT2D eigenvalue weighted by molar-refractivity contribution is 6.05. The van der Waals surface area contributed by atoms with Gasteiger partial charge in [0.25, 0.3) is 5.56 Å². The lowest BCUT2D eigenvalue weighted by Gasteiger charge is -2.25. The Kier molecular flexibility index (Phi) is 2.90. The van der Waals surface area contributed by atoms with Gasteiger partial charge in [0.15, 0.2) is 6.29 Å². The van der Waals surface area contributed by atoms with Gasteiger partial charge in [-0.15, -0.1) is 0 Å². The third-order valence-corrected chi connectivity index (χ3v) is 3.40. The molecule has 2 aromatic rings. The number of anilines is 1. The summed E-state index contributed by atoms with van der Waals surface area (Å²) < 4.78 is 1.67. The molecule has 1 unspecified atom stereocenters. The maximum Gasteiger partial charge on any atom is 0.261 e. The molecular weight excluding hydrogens is 256 g/mol. The van der Waals surface area contributed by atoms with Crippen molar-refractivity contribution in [3.05, 3.63) is 34.2 Å². The van der Waals surface area contributed by atoms with Crippen LogP contribution in [0.1, 0.15) is 19.4 Å². The molecule has 0 saturated carbocycles. The van der Waals surface area contributed by atoms with Gasteiger partial charge in [-0.1, -0.05) is 0 Å². The van der Waals surface area contributed by atoms with E-state index in [0.29, 0.717) is 17.8 Å². The lowest BCUT2D eigenvalue weighted by molar-refractivity contribution is 0.699. The first kappa shape index (κ1) is 12.6. The molecule has 3 rings (SSSR count). The average molecular weight is 272 g/mol. The summed E-state index contributed by atoms with van der Waals surface area (Å²) in [6, 6.07) is 3.60. The first-order valence-corrected chi connectivity index (χ1v) is 6.46. The Balaban J connectivity index is 2.31. The second-order valence-electron chi connectivity index (χ2n) is 4.64. The van der Waals surface area contributed by atoms with Gasteiger partial charge in [-0.25, -0.2) is 0 Å². The van der Waals surface area contributed by atoms with Crippen LogP contribution in [0.2, 0.25) is 0 Å². The fourth-order valence-electron chi connectivity index (χ4n) is 2.45. The zero-order valence-electron chi connectivity index (χ0n) is 11.3. The Bertz CT molecular complexity index is 728. The van der Waals surface area contributed by atoms with Gasteiger partial charge in [-0.2, -0.15) is 5.10 Å². The number of hydrogen-bond acceptors (Lipinski definition) is 5. The average Bonchev–Trinajstić information content (AvgIpc) is 2.92. The van der Waals surface area contributed by atoms with E-state index in [-0.39, 0.29) is 5.56 Å². The highest BCUT2D eigenvalue weighted by atomic mass is 16.1. The van der Waals surface area contributed by atoms with Gasteiger partial charge in [-0.05, 0) is 26.0 Å². The van der Waals surface area contributed by atoms with Gasteiger partial charge in [0, 0.05) is 24.0 Å². The van der Waals surface area contributed by atoms with Crippen LogP contribution in [0.3, 0.4) is 0 Å². The van der Waals surface area contributed by atoms with Crippen molar-refractivity contribution in [2.45, 2.75) is 26.7 Å². The summed E-state index contributed by atoms with van der Waals surface area (Å²) in [4.78, 5) is 16.9. The molecule has 1 aliphatic rings. The van der Waals surface area contributed by atoms with Crippen molar-refractivity contribution in [1.82, 2.24) is 14.8 Å². The van der Waals surface area contributed by atoms with E-state index in [4.69, 9.17) is 5.73 Å². The number of rotatable bonds is 2. The molecule has 0 aliphatic carbocycles. The molecule has 0 saturated heterocycles. The highest BCUT2D eigenvalue weighted by Gasteiger charge is 2.22. The van der Waals surface area contributed by atoms with Crippen LogP contribution in [-0.4, -0.2) is 26.8 Å². The molecule has 0 fully saturated rings. The van der Waals surface area contributed by atoms with Crippen molar-refractivity contribution in [1.29, 1.82) is 0 Å². The quantitative estimate of drug-likeness (QED) is 0.750. The van der Waals surface area contributed by atoms with Crippen molar-refractivity contribution >= 4 is 11.5 Å². The predicted octanol–water partition coefficient (Wildman–Crippen LogP) is 0.735. The molecule has 2 aromatic heterocycles. The van der Waals surface area contributed by atoms with Crippen molar-refractivity contribution in [2.24, 2.45) is 10.7 Å². The number of fused-ring (bicyclic) bond motifs is 1. The predicted molar refractivity (Wildman–Crippen MR) is 77.8 cm³/mol. The van der Waals surface area contributed by atoms with Gasteiger partial charge >= 0.3 is 0 Å². The van der Waals surface area contributed by atoms with Gasteiger partial charge in [-0.3, -0.25) is 25.2 Å². The fourth-order valence-corrected chi connectivity index (χ4v) is 2.45.